The molecule has 4 atom stereocenters. The molecule has 5 aromatic carbocycles. The lowest BCUT2D eigenvalue weighted by Gasteiger charge is -2.36. The van der Waals surface area contributed by atoms with Crippen LogP contribution in [0.4, 0.5) is 5.69 Å². The van der Waals surface area contributed by atoms with Gasteiger partial charge in [-0.1, -0.05) is 96.6 Å². The number of benzene rings is 5. The first kappa shape index (κ1) is 37.9. The van der Waals surface area contributed by atoms with Crippen molar-refractivity contribution in [3.63, 3.8) is 0 Å². The summed E-state index contributed by atoms with van der Waals surface area (Å²) in [6.45, 7) is 1.79. The van der Waals surface area contributed by atoms with Crippen LogP contribution in [-0.2, 0) is 37.3 Å². The second kappa shape index (κ2) is 17.3. The molecule has 1 heterocycles. The number of nitrogens with one attached hydrogen (secondary N) is 2. The van der Waals surface area contributed by atoms with Gasteiger partial charge < -0.3 is 25.0 Å². The quantitative estimate of drug-likeness (QED) is 0.0875. The summed E-state index contributed by atoms with van der Waals surface area (Å²) in [4.78, 5) is 26.2. The number of amides is 1. The minimum absolute atomic E-state index is 0.0660. The van der Waals surface area contributed by atoms with Crippen LogP contribution in [0, 0.1) is 6.92 Å². The number of aliphatic hydroxyl groups is 1. The Bertz CT molecular complexity index is 2110. The highest BCUT2D eigenvalue weighted by Crippen LogP contribution is 2.40. The Balaban J connectivity index is 1.19. The molecule has 1 aliphatic rings. The van der Waals surface area contributed by atoms with E-state index in [-0.39, 0.29) is 35.7 Å². The topological polar surface area (TPSA) is 151 Å². The molecule has 1 aliphatic heterocycles. The molecule has 0 spiro atoms. The molecule has 53 heavy (non-hydrogen) atoms. The van der Waals surface area contributed by atoms with Crippen molar-refractivity contribution >= 4 is 39.3 Å². The summed E-state index contributed by atoms with van der Waals surface area (Å²) in [6.07, 6.45) is -0.767. The van der Waals surface area contributed by atoms with Crippen molar-refractivity contribution in [3.8, 4) is 0 Å². The lowest BCUT2D eigenvalue weighted by molar-refractivity contribution is -0.245. The van der Waals surface area contributed by atoms with Gasteiger partial charge in [-0.25, -0.2) is 13.2 Å². The summed E-state index contributed by atoms with van der Waals surface area (Å²) < 4.78 is 42.1. The molecule has 6 rings (SSSR count). The SMILES string of the molecule is Cc1ccc(S(=O)(=O)N[C@H](Cc2ccccc2)C(=O)Nc2ccc([C@@H]3O[C@H](CSc4ccccc4C(=O)O)C[C@H](c4ccc(CO)cc4)O3)cc2)cc1. The fourth-order valence-corrected chi connectivity index (χ4v) is 8.20. The normalized spacial score (nSPS) is 17.9. The Morgan fingerprint density at radius 3 is 2.15 bits per heavy atom. The van der Waals surface area contributed by atoms with Crippen molar-refractivity contribution in [2.45, 2.75) is 60.7 Å². The number of carbonyl (C=O) groups excluding carboxylic acids is 1. The van der Waals surface area contributed by atoms with Crippen LogP contribution in [-0.4, -0.2) is 48.4 Å². The highest BCUT2D eigenvalue weighted by molar-refractivity contribution is 7.99. The van der Waals surface area contributed by atoms with E-state index in [2.05, 4.69) is 10.0 Å². The largest absolute Gasteiger partial charge is 0.478 e. The summed E-state index contributed by atoms with van der Waals surface area (Å²) in [5, 5.41) is 22.1. The number of sulfonamides is 1. The van der Waals surface area contributed by atoms with Gasteiger partial charge in [-0.15, -0.1) is 11.8 Å². The van der Waals surface area contributed by atoms with Gasteiger partial charge >= 0.3 is 5.97 Å². The molecule has 10 nitrogen and oxygen atoms in total. The summed E-state index contributed by atoms with van der Waals surface area (Å²) in [7, 11) is -4.01. The second-order valence-electron chi connectivity index (χ2n) is 12.8. The molecule has 0 saturated carbocycles. The van der Waals surface area contributed by atoms with Gasteiger partial charge in [0.05, 0.1) is 29.3 Å². The second-order valence-corrected chi connectivity index (χ2v) is 15.5. The number of thioether (sulfide) groups is 1. The Morgan fingerprint density at radius 1 is 0.811 bits per heavy atom. The molecule has 5 aromatic rings. The third kappa shape index (κ3) is 9.99. The number of carboxylic acids is 1. The highest BCUT2D eigenvalue weighted by atomic mass is 32.2. The first-order chi connectivity index (χ1) is 25.6. The van der Waals surface area contributed by atoms with Gasteiger partial charge in [-0.3, -0.25) is 4.79 Å². The Kier molecular flexibility index (Phi) is 12.4. The standard InChI is InChI=1S/C41H40N2O8S2/c1-27-11-21-34(22-12-27)53(48,49)43-36(23-28-7-3-2-4-8-28)39(45)42-32-19-17-31(18-20-32)41-50-33(26-52-38-10-6-5-9-35(38)40(46)47)24-37(51-41)30-15-13-29(25-44)14-16-30/h2-22,33,36-37,41,43-44H,23-26H2,1H3,(H,42,45)(H,46,47)/t33-,36+,37+,41+/m0/s1. The number of carbonyl (C=O) groups is 2. The van der Waals surface area contributed by atoms with Crippen LogP contribution in [0.25, 0.3) is 0 Å². The van der Waals surface area contributed by atoms with Gasteiger partial charge in [0.2, 0.25) is 15.9 Å². The van der Waals surface area contributed by atoms with Crippen LogP contribution >= 0.6 is 11.8 Å². The molecule has 1 amide bonds. The number of anilines is 1. The van der Waals surface area contributed by atoms with E-state index in [0.717, 1.165) is 22.3 Å². The third-order valence-corrected chi connectivity index (χ3v) is 11.5. The molecule has 0 aromatic heterocycles. The molecule has 4 N–H and O–H groups in total. The smallest absolute Gasteiger partial charge is 0.336 e. The van der Waals surface area contributed by atoms with Gasteiger partial charge in [0, 0.05) is 28.3 Å². The van der Waals surface area contributed by atoms with Crippen LogP contribution < -0.4 is 10.0 Å². The van der Waals surface area contributed by atoms with Crippen molar-refractivity contribution in [3.05, 3.63) is 161 Å². The van der Waals surface area contributed by atoms with E-state index in [0.29, 0.717) is 28.3 Å². The van der Waals surface area contributed by atoms with E-state index in [1.807, 2.05) is 61.5 Å². The first-order valence-corrected chi connectivity index (χ1v) is 19.5. The highest BCUT2D eigenvalue weighted by Gasteiger charge is 2.33. The summed E-state index contributed by atoms with van der Waals surface area (Å²) in [5.41, 5.74) is 4.78. The zero-order chi connectivity index (χ0) is 37.4. The summed E-state index contributed by atoms with van der Waals surface area (Å²) in [6, 6.07) is 35.9. The Morgan fingerprint density at radius 2 is 1.47 bits per heavy atom. The number of rotatable bonds is 14. The van der Waals surface area contributed by atoms with Crippen LogP contribution in [0.2, 0.25) is 0 Å². The van der Waals surface area contributed by atoms with E-state index in [1.165, 1.54) is 23.9 Å². The van der Waals surface area contributed by atoms with Gasteiger partial charge in [-0.05, 0) is 66.4 Å². The van der Waals surface area contributed by atoms with Crippen molar-refractivity contribution in [2.75, 3.05) is 11.1 Å². The monoisotopic (exact) mass is 752 g/mol. The zero-order valence-electron chi connectivity index (χ0n) is 28.9. The Labute approximate surface area is 313 Å². The number of aromatic carboxylic acids is 1. The lowest BCUT2D eigenvalue weighted by atomic mass is 10.0. The van der Waals surface area contributed by atoms with Crippen molar-refractivity contribution in [2.24, 2.45) is 0 Å². The maximum Gasteiger partial charge on any atom is 0.336 e. The number of ether oxygens (including phenoxy) is 2. The molecule has 0 radical (unpaired) electrons. The van der Waals surface area contributed by atoms with Gasteiger partial charge in [0.1, 0.15) is 6.04 Å². The maximum atomic E-state index is 13.7. The number of carboxylic acid groups (broad SMARTS) is 1. The summed E-state index contributed by atoms with van der Waals surface area (Å²) in [5.74, 6) is -1.04. The van der Waals surface area contributed by atoms with Crippen molar-refractivity contribution in [1.29, 1.82) is 0 Å². The molecule has 274 valence electrons. The van der Waals surface area contributed by atoms with Crippen LogP contribution in [0.1, 0.15) is 57.0 Å². The molecule has 1 saturated heterocycles. The molecule has 12 heteroatoms. The van der Waals surface area contributed by atoms with Crippen LogP contribution in [0.15, 0.2) is 137 Å². The average molecular weight is 753 g/mol. The Hall–Kier alpha value is -4.82. The van der Waals surface area contributed by atoms with Gasteiger partial charge in [0.15, 0.2) is 6.29 Å². The minimum Gasteiger partial charge on any atom is -0.478 e. The molecule has 0 aliphatic carbocycles. The fraction of sp³-hybridized carbons (Fsp3) is 0.220. The number of aliphatic hydroxyl groups excluding tert-OH is 1. The predicted molar refractivity (Wildman–Crippen MR) is 203 cm³/mol. The zero-order valence-corrected chi connectivity index (χ0v) is 30.6. The van der Waals surface area contributed by atoms with E-state index < -0.39 is 34.2 Å². The van der Waals surface area contributed by atoms with E-state index >= 15 is 0 Å². The van der Waals surface area contributed by atoms with Gasteiger partial charge in [-0.2, -0.15) is 4.72 Å². The lowest BCUT2D eigenvalue weighted by Crippen LogP contribution is -2.45. The molecule has 0 bridgehead atoms. The molecule has 1 fully saturated rings. The molecular weight excluding hydrogens is 713 g/mol. The number of hydrogen-bond acceptors (Lipinski definition) is 8. The third-order valence-electron chi connectivity index (χ3n) is 8.84. The van der Waals surface area contributed by atoms with Crippen molar-refractivity contribution in [1.82, 2.24) is 4.72 Å². The average Bonchev–Trinajstić information content (AvgIpc) is 3.17. The van der Waals surface area contributed by atoms with Crippen LogP contribution in [0.5, 0.6) is 0 Å². The van der Waals surface area contributed by atoms with Gasteiger partial charge in [0.25, 0.3) is 0 Å². The fourth-order valence-electron chi connectivity index (χ4n) is 5.94. The van der Waals surface area contributed by atoms with Crippen molar-refractivity contribution < 1.29 is 37.7 Å². The van der Waals surface area contributed by atoms with E-state index in [1.54, 1.807) is 60.7 Å². The minimum atomic E-state index is -4.01. The molecule has 0 unspecified atom stereocenters. The number of aryl methyl sites for hydroxylation is 1. The number of hydrogen-bond donors (Lipinski definition) is 4. The van der Waals surface area contributed by atoms with E-state index in [4.69, 9.17) is 9.47 Å². The first-order valence-electron chi connectivity index (χ1n) is 17.1. The van der Waals surface area contributed by atoms with E-state index in [9.17, 15) is 28.2 Å². The maximum absolute atomic E-state index is 13.7. The predicted octanol–water partition coefficient (Wildman–Crippen LogP) is 7.05. The molecular formula is C41H40N2O8S2. The van der Waals surface area contributed by atoms with Crippen LogP contribution in [0.3, 0.4) is 0 Å². The summed E-state index contributed by atoms with van der Waals surface area (Å²) >= 11 is 1.41.